The van der Waals surface area contributed by atoms with E-state index in [1.165, 1.54) is 0 Å². The third kappa shape index (κ3) is 1.15. The summed E-state index contributed by atoms with van der Waals surface area (Å²) in [4.78, 5) is -0.0903. The molecule has 1 rings (SSSR count). The second-order valence-electron chi connectivity index (χ2n) is 1.40. The summed E-state index contributed by atoms with van der Waals surface area (Å²) < 4.78 is 4.79. The van der Waals surface area contributed by atoms with Crippen molar-refractivity contribution in [1.29, 1.82) is 5.26 Å². The molecule has 2 nitrogen and oxygen atoms in total. The Kier molecular flexibility index (Phi) is 1.31. The first-order chi connectivity index (χ1) is 3.34. The molecule has 1 saturated heterocycles. The zero-order chi connectivity index (χ0) is 5.28. The zero-order valence-electron chi connectivity index (χ0n) is 3.60. The van der Waals surface area contributed by atoms with Crippen molar-refractivity contribution in [3.05, 3.63) is 0 Å². The highest BCUT2D eigenvalue weighted by Crippen LogP contribution is 2.19. The maximum absolute atomic E-state index is 8.17. The van der Waals surface area contributed by atoms with E-state index in [-0.39, 0.29) is 10.9 Å². The minimum atomic E-state index is -0.0903. The molecular weight excluding hydrogens is 158 g/mol. The van der Waals surface area contributed by atoms with Crippen LogP contribution in [-0.4, -0.2) is 17.5 Å². The molecule has 7 heavy (non-hydrogen) atoms. The van der Waals surface area contributed by atoms with E-state index in [0.717, 1.165) is 6.61 Å². The Labute approximate surface area is 50.2 Å². The monoisotopic (exact) mass is 161 g/mol. The summed E-state index contributed by atoms with van der Waals surface area (Å²) >= 11 is 3.12. The van der Waals surface area contributed by atoms with Crippen molar-refractivity contribution < 1.29 is 4.74 Å². The first-order valence-corrected chi connectivity index (χ1v) is 2.91. The molecule has 2 atom stereocenters. The number of nitrogens with zero attached hydrogens (tertiary/aromatic N) is 1. The van der Waals surface area contributed by atoms with Crippen molar-refractivity contribution in [1.82, 2.24) is 0 Å². The average molecular weight is 162 g/mol. The van der Waals surface area contributed by atoms with Crippen LogP contribution in [0.2, 0.25) is 0 Å². The Hall–Kier alpha value is -0.0700. The maximum atomic E-state index is 8.17. The van der Waals surface area contributed by atoms with Gasteiger partial charge in [-0.3, -0.25) is 0 Å². The molecular formula is C4H4BrNO. The smallest absolute Gasteiger partial charge is 0.130 e. The van der Waals surface area contributed by atoms with Gasteiger partial charge in [-0.15, -0.1) is 0 Å². The van der Waals surface area contributed by atoms with Crippen LogP contribution in [0.15, 0.2) is 0 Å². The van der Waals surface area contributed by atoms with Gasteiger partial charge in [0, 0.05) is 0 Å². The number of hydrogen-bond acceptors (Lipinski definition) is 2. The summed E-state index contributed by atoms with van der Waals surface area (Å²) in [7, 11) is 0. The number of ether oxygens (including phenoxy) is 1. The Balaban J connectivity index is 2.27. The number of hydrogen-bond donors (Lipinski definition) is 0. The fourth-order valence-corrected chi connectivity index (χ4v) is 0.613. The third-order valence-corrected chi connectivity index (χ3v) is 1.60. The zero-order valence-corrected chi connectivity index (χ0v) is 5.18. The molecule has 0 aromatic heterocycles. The van der Waals surface area contributed by atoms with E-state index in [0.29, 0.717) is 0 Å². The number of epoxide rings is 1. The van der Waals surface area contributed by atoms with E-state index in [4.69, 9.17) is 10.00 Å². The Morgan fingerprint density at radius 2 is 2.57 bits per heavy atom. The van der Waals surface area contributed by atoms with Crippen molar-refractivity contribution in [2.45, 2.75) is 10.9 Å². The summed E-state index contributed by atoms with van der Waals surface area (Å²) in [6, 6.07) is 2.02. The third-order valence-electron chi connectivity index (χ3n) is 0.809. The van der Waals surface area contributed by atoms with Crippen LogP contribution in [0.25, 0.3) is 0 Å². The fraction of sp³-hybridized carbons (Fsp3) is 0.750. The standard InChI is InChI=1S/C4H4BrNO/c5-3(1-6)4-2-7-4/h3-4H,2H2/t3-,4-/m1/s1. The molecule has 0 aromatic rings. The van der Waals surface area contributed by atoms with E-state index in [9.17, 15) is 0 Å². The van der Waals surface area contributed by atoms with E-state index in [1.54, 1.807) is 0 Å². The molecule has 1 aliphatic heterocycles. The quantitative estimate of drug-likeness (QED) is 0.419. The van der Waals surface area contributed by atoms with E-state index < -0.39 is 0 Å². The van der Waals surface area contributed by atoms with Gasteiger partial charge in [0.15, 0.2) is 0 Å². The number of rotatable bonds is 1. The van der Waals surface area contributed by atoms with Crippen LogP contribution < -0.4 is 0 Å². The van der Waals surface area contributed by atoms with Crippen LogP contribution in [-0.2, 0) is 4.74 Å². The van der Waals surface area contributed by atoms with Gasteiger partial charge in [-0.2, -0.15) is 5.26 Å². The summed E-state index contributed by atoms with van der Waals surface area (Å²) in [6.07, 6.45) is 0.171. The van der Waals surface area contributed by atoms with Gasteiger partial charge in [0.1, 0.15) is 10.9 Å². The number of nitriles is 1. The lowest BCUT2D eigenvalue weighted by Gasteiger charge is -1.85. The van der Waals surface area contributed by atoms with Crippen molar-refractivity contribution >= 4 is 15.9 Å². The van der Waals surface area contributed by atoms with Gasteiger partial charge in [-0.25, -0.2) is 0 Å². The molecule has 1 fully saturated rings. The highest BCUT2D eigenvalue weighted by Gasteiger charge is 2.30. The van der Waals surface area contributed by atoms with Gasteiger partial charge in [0.25, 0.3) is 0 Å². The second kappa shape index (κ2) is 1.81. The molecule has 1 aliphatic rings. The Bertz CT molecular complexity index is 105. The second-order valence-corrected chi connectivity index (χ2v) is 2.39. The molecule has 1 heterocycles. The Morgan fingerprint density at radius 1 is 2.00 bits per heavy atom. The molecule has 0 radical (unpaired) electrons. The largest absolute Gasteiger partial charge is 0.371 e. The molecule has 0 spiro atoms. The molecule has 0 aromatic carbocycles. The van der Waals surface area contributed by atoms with Crippen LogP contribution >= 0.6 is 15.9 Å². The Morgan fingerprint density at radius 3 is 2.71 bits per heavy atom. The average Bonchev–Trinajstić information content (AvgIpc) is 2.44. The van der Waals surface area contributed by atoms with Crippen LogP contribution in [0.1, 0.15) is 0 Å². The van der Waals surface area contributed by atoms with Crippen LogP contribution in [0.3, 0.4) is 0 Å². The molecule has 0 N–H and O–H groups in total. The van der Waals surface area contributed by atoms with Gasteiger partial charge >= 0.3 is 0 Å². The first kappa shape index (κ1) is 5.07. The van der Waals surface area contributed by atoms with E-state index in [2.05, 4.69) is 15.9 Å². The van der Waals surface area contributed by atoms with E-state index >= 15 is 0 Å². The molecule has 3 heteroatoms. The van der Waals surface area contributed by atoms with Gasteiger partial charge < -0.3 is 4.74 Å². The minimum Gasteiger partial charge on any atom is -0.371 e. The molecule has 0 saturated carbocycles. The normalized spacial score (nSPS) is 31.1. The lowest BCUT2D eigenvalue weighted by atomic mass is 10.4. The van der Waals surface area contributed by atoms with Crippen molar-refractivity contribution in [2.75, 3.05) is 6.61 Å². The minimum absolute atomic E-state index is 0.0903. The number of halogens is 1. The van der Waals surface area contributed by atoms with E-state index in [1.807, 2.05) is 6.07 Å². The van der Waals surface area contributed by atoms with Gasteiger partial charge in [0.2, 0.25) is 0 Å². The fourth-order valence-electron chi connectivity index (χ4n) is 0.308. The van der Waals surface area contributed by atoms with Crippen molar-refractivity contribution in [3.63, 3.8) is 0 Å². The molecule has 0 aliphatic carbocycles. The summed E-state index contributed by atoms with van der Waals surface area (Å²) in [5, 5.41) is 8.17. The van der Waals surface area contributed by atoms with Crippen LogP contribution in [0.4, 0.5) is 0 Å². The van der Waals surface area contributed by atoms with Crippen molar-refractivity contribution in [2.24, 2.45) is 0 Å². The molecule has 38 valence electrons. The van der Waals surface area contributed by atoms with Crippen molar-refractivity contribution in [3.8, 4) is 6.07 Å². The van der Waals surface area contributed by atoms with Crippen LogP contribution in [0.5, 0.6) is 0 Å². The molecule has 0 unspecified atom stereocenters. The summed E-state index contributed by atoms with van der Waals surface area (Å²) in [5.74, 6) is 0. The first-order valence-electron chi connectivity index (χ1n) is 2.00. The van der Waals surface area contributed by atoms with Crippen LogP contribution in [0, 0.1) is 11.3 Å². The van der Waals surface area contributed by atoms with Gasteiger partial charge in [-0.05, 0) is 0 Å². The lowest BCUT2D eigenvalue weighted by Crippen LogP contribution is -2.00. The van der Waals surface area contributed by atoms with Gasteiger partial charge in [0.05, 0.1) is 12.7 Å². The summed E-state index contributed by atoms with van der Waals surface area (Å²) in [5.41, 5.74) is 0. The summed E-state index contributed by atoms with van der Waals surface area (Å²) in [6.45, 7) is 0.740. The molecule has 0 amide bonds. The molecule has 0 bridgehead atoms. The predicted molar refractivity (Wildman–Crippen MR) is 28.1 cm³/mol. The topological polar surface area (TPSA) is 36.3 Å². The SMILES string of the molecule is N#C[C@@H](Br)[C@H]1CO1. The highest BCUT2D eigenvalue weighted by molar-refractivity contribution is 9.09. The lowest BCUT2D eigenvalue weighted by molar-refractivity contribution is 0.416. The highest BCUT2D eigenvalue weighted by atomic mass is 79.9. The maximum Gasteiger partial charge on any atom is 0.130 e. The van der Waals surface area contributed by atoms with Gasteiger partial charge in [-0.1, -0.05) is 15.9 Å². The number of alkyl halides is 1. The predicted octanol–water partition coefficient (Wildman–Crippen LogP) is 0.672.